The fourth-order valence-electron chi connectivity index (χ4n) is 2.51. The largest absolute Gasteiger partial charge is 0.497 e. The van der Waals surface area contributed by atoms with E-state index in [1.54, 1.807) is 7.11 Å². The van der Waals surface area contributed by atoms with Crippen LogP contribution in [-0.4, -0.2) is 13.0 Å². The lowest BCUT2D eigenvalue weighted by atomic mass is 10.1. The Labute approximate surface area is 133 Å². The first-order valence-electron chi connectivity index (χ1n) is 6.98. The number of hydrogen-bond donors (Lipinski definition) is 1. The number of amides is 1. The van der Waals surface area contributed by atoms with Crippen molar-refractivity contribution in [2.75, 3.05) is 12.4 Å². The molecule has 2 atom stereocenters. The molecular weight excluding hydrogens is 305 g/mol. The summed E-state index contributed by atoms with van der Waals surface area (Å²) in [6.07, 6.45) is 0.813. The summed E-state index contributed by atoms with van der Waals surface area (Å²) in [5.74, 6) is 0.399. The van der Waals surface area contributed by atoms with Crippen LogP contribution in [0, 0.1) is 11.7 Å². The van der Waals surface area contributed by atoms with E-state index in [1.165, 1.54) is 18.2 Å². The molecule has 0 saturated heterocycles. The zero-order valence-corrected chi connectivity index (χ0v) is 12.7. The summed E-state index contributed by atoms with van der Waals surface area (Å²) in [6, 6.07) is 11.9. The molecule has 1 aliphatic carbocycles. The second kappa shape index (κ2) is 5.97. The summed E-state index contributed by atoms with van der Waals surface area (Å²) in [4.78, 5) is 12.2. The van der Waals surface area contributed by atoms with E-state index in [1.807, 2.05) is 24.3 Å². The third kappa shape index (κ3) is 3.07. The summed E-state index contributed by atoms with van der Waals surface area (Å²) in [5.41, 5.74) is 1.63. The quantitative estimate of drug-likeness (QED) is 0.915. The molecule has 0 aliphatic heterocycles. The first-order valence-corrected chi connectivity index (χ1v) is 7.36. The van der Waals surface area contributed by atoms with Crippen molar-refractivity contribution in [3.63, 3.8) is 0 Å². The maximum absolute atomic E-state index is 13.1. The van der Waals surface area contributed by atoms with E-state index < -0.39 is 5.82 Å². The normalized spacial score (nSPS) is 19.6. The minimum absolute atomic E-state index is 0.000279. The van der Waals surface area contributed by atoms with Crippen molar-refractivity contribution in [2.24, 2.45) is 5.92 Å². The van der Waals surface area contributed by atoms with Gasteiger partial charge in [0.25, 0.3) is 0 Å². The molecule has 0 aromatic heterocycles. The highest BCUT2D eigenvalue weighted by Crippen LogP contribution is 2.48. The third-order valence-electron chi connectivity index (χ3n) is 3.86. The topological polar surface area (TPSA) is 38.3 Å². The van der Waals surface area contributed by atoms with Gasteiger partial charge in [-0.2, -0.15) is 0 Å². The van der Waals surface area contributed by atoms with Crippen LogP contribution in [0.15, 0.2) is 42.5 Å². The third-order valence-corrected chi connectivity index (χ3v) is 4.15. The summed E-state index contributed by atoms with van der Waals surface area (Å²) >= 11 is 5.71. The van der Waals surface area contributed by atoms with Gasteiger partial charge < -0.3 is 10.1 Å². The molecule has 2 unspecified atom stereocenters. The summed E-state index contributed by atoms with van der Waals surface area (Å²) in [7, 11) is 1.62. The Morgan fingerprint density at radius 2 is 2.00 bits per heavy atom. The summed E-state index contributed by atoms with van der Waals surface area (Å²) in [5, 5.41) is 2.78. The highest BCUT2D eigenvalue weighted by Gasteiger charge is 2.43. The molecule has 0 radical (unpaired) electrons. The molecule has 3 nitrogen and oxygen atoms in total. The number of rotatable bonds is 4. The predicted octanol–water partition coefficient (Wildman–Crippen LogP) is 4.23. The molecule has 5 heteroatoms. The van der Waals surface area contributed by atoms with Crippen molar-refractivity contribution >= 4 is 23.2 Å². The van der Waals surface area contributed by atoms with Gasteiger partial charge >= 0.3 is 0 Å². The molecule has 0 spiro atoms. The Bertz CT molecular complexity index is 702. The van der Waals surface area contributed by atoms with Crippen LogP contribution in [-0.2, 0) is 4.79 Å². The fourth-order valence-corrected chi connectivity index (χ4v) is 2.69. The van der Waals surface area contributed by atoms with Crippen LogP contribution in [0.25, 0.3) is 0 Å². The van der Waals surface area contributed by atoms with Gasteiger partial charge in [0.1, 0.15) is 11.6 Å². The second-order valence-electron chi connectivity index (χ2n) is 5.34. The standard InChI is InChI=1S/C17H15ClFNO2/c1-22-12-5-2-10(3-6-12)13-9-14(13)17(21)20-11-4-7-16(19)15(18)8-11/h2-8,13-14H,9H2,1H3,(H,20,21). The Kier molecular flexibility index (Phi) is 4.03. The molecule has 1 fully saturated rings. The molecule has 2 aromatic rings. The van der Waals surface area contributed by atoms with Crippen molar-refractivity contribution in [1.29, 1.82) is 0 Å². The molecule has 1 saturated carbocycles. The number of nitrogens with one attached hydrogen (secondary N) is 1. The van der Waals surface area contributed by atoms with Crippen molar-refractivity contribution in [3.05, 3.63) is 58.9 Å². The monoisotopic (exact) mass is 319 g/mol. The van der Waals surface area contributed by atoms with Crippen molar-refractivity contribution in [1.82, 2.24) is 0 Å². The number of methoxy groups -OCH3 is 1. The molecule has 1 amide bonds. The molecule has 114 valence electrons. The molecular formula is C17H15ClFNO2. The van der Waals surface area contributed by atoms with Crippen LogP contribution in [0.2, 0.25) is 5.02 Å². The molecule has 1 aliphatic rings. The van der Waals surface area contributed by atoms with E-state index in [0.29, 0.717) is 5.69 Å². The van der Waals surface area contributed by atoms with E-state index in [2.05, 4.69) is 5.32 Å². The van der Waals surface area contributed by atoms with Crippen LogP contribution in [0.1, 0.15) is 17.9 Å². The molecule has 1 N–H and O–H groups in total. The zero-order chi connectivity index (χ0) is 15.7. The number of anilines is 1. The smallest absolute Gasteiger partial charge is 0.228 e. The van der Waals surface area contributed by atoms with Gasteiger partial charge in [-0.25, -0.2) is 4.39 Å². The molecule has 2 aromatic carbocycles. The van der Waals surface area contributed by atoms with Gasteiger partial charge in [-0.15, -0.1) is 0 Å². The van der Waals surface area contributed by atoms with E-state index in [9.17, 15) is 9.18 Å². The lowest BCUT2D eigenvalue weighted by Gasteiger charge is -2.06. The SMILES string of the molecule is COc1ccc(C2CC2C(=O)Nc2ccc(F)c(Cl)c2)cc1. The van der Waals surface area contributed by atoms with Crippen LogP contribution >= 0.6 is 11.6 Å². The summed E-state index contributed by atoms with van der Waals surface area (Å²) in [6.45, 7) is 0. The minimum Gasteiger partial charge on any atom is -0.497 e. The van der Waals surface area contributed by atoms with E-state index in [0.717, 1.165) is 17.7 Å². The van der Waals surface area contributed by atoms with Gasteiger partial charge in [0.2, 0.25) is 5.91 Å². The van der Waals surface area contributed by atoms with Crippen molar-refractivity contribution in [3.8, 4) is 5.75 Å². The first-order chi connectivity index (χ1) is 10.6. The average Bonchev–Trinajstić information content (AvgIpc) is 3.32. The van der Waals surface area contributed by atoms with Crippen LogP contribution in [0.3, 0.4) is 0 Å². The zero-order valence-electron chi connectivity index (χ0n) is 12.0. The van der Waals surface area contributed by atoms with Gasteiger partial charge in [0.05, 0.1) is 12.1 Å². The maximum Gasteiger partial charge on any atom is 0.228 e. The lowest BCUT2D eigenvalue weighted by molar-refractivity contribution is -0.117. The Morgan fingerprint density at radius 3 is 2.64 bits per heavy atom. The van der Waals surface area contributed by atoms with Crippen molar-refractivity contribution in [2.45, 2.75) is 12.3 Å². The highest BCUT2D eigenvalue weighted by molar-refractivity contribution is 6.31. The average molecular weight is 320 g/mol. The lowest BCUT2D eigenvalue weighted by Crippen LogP contribution is -2.14. The van der Waals surface area contributed by atoms with Crippen LogP contribution in [0.5, 0.6) is 5.75 Å². The fraction of sp³-hybridized carbons (Fsp3) is 0.235. The van der Waals surface area contributed by atoms with Gasteiger partial charge in [-0.3, -0.25) is 4.79 Å². The number of carbonyl (C=O) groups excluding carboxylic acids is 1. The molecule has 22 heavy (non-hydrogen) atoms. The Balaban J connectivity index is 1.63. The molecule has 3 rings (SSSR count). The van der Waals surface area contributed by atoms with Crippen LogP contribution < -0.4 is 10.1 Å². The molecule has 0 bridgehead atoms. The van der Waals surface area contributed by atoms with Crippen molar-refractivity contribution < 1.29 is 13.9 Å². The van der Waals surface area contributed by atoms with E-state index in [-0.39, 0.29) is 22.8 Å². The number of carbonyl (C=O) groups is 1. The Hall–Kier alpha value is -2.07. The number of halogens is 2. The summed E-state index contributed by atoms with van der Waals surface area (Å²) < 4.78 is 18.2. The highest BCUT2D eigenvalue weighted by atomic mass is 35.5. The first kappa shape index (κ1) is 14.9. The van der Waals surface area contributed by atoms with Gasteiger partial charge in [-0.05, 0) is 48.2 Å². The van der Waals surface area contributed by atoms with Crippen LogP contribution in [0.4, 0.5) is 10.1 Å². The number of benzene rings is 2. The minimum atomic E-state index is -0.498. The number of ether oxygens (including phenoxy) is 1. The van der Waals surface area contributed by atoms with Gasteiger partial charge in [-0.1, -0.05) is 23.7 Å². The maximum atomic E-state index is 13.1. The predicted molar refractivity (Wildman–Crippen MR) is 83.9 cm³/mol. The Morgan fingerprint density at radius 1 is 1.27 bits per heavy atom. The number of hydrogen-bond acceptors (Lipinski definition) is 2. The van der Waals surface area contributed by atoms with E-state index in [4.69, 9.17) is 16.3 Å². The second-order valence-corrected chi connectivity index (χ2v) is 5.75. The van der Waals surface area contributed by atoms with E-state index >= 15 is 0 Å². The molecule has 0 heterocycles. The van der Waals surface area contributed by atoms with Gasteiger partial charge in [0.15, 0.2) is 0 Å². The van der Waals surface area contributed by atoms with Gasteiger partial charge in [0, 0.05) is 11.6 Å².